The lowest BCUT2D eigenvalue weighted by Crippen LogP contribution is -2.29. The highest BCUT2D eigenvalue weighted by molar-refractivity contribution is 6.03. The van der Waals surface area contributed by atoms with E-state index in [0.29, 0.717) is 11.4 Å². The van der Waals surface area contributed by atoms with Crippen LogP contribution in [0.4, 0.5) is 11.4 Å². The average Bonchev–Trinajstić information content (AvgIpc) is 3.39. The van der Waals surface area contributed by atoms with Crippen LogP contribution in [-0.4, -0.2) is 39.9 Å². The maximum Gasteiger partial charge on any atom is 0.277 e. The van der Waals surface area contributed by atoms with Crippen LogP contribution in [0.15, 0.2) is 30.5 Å². The van der Waals surface area contributed by atoms with E-state index in [-0.39, 0.29) is 29.5 Å². The van der Waals surface area contributed by atoms with Crippen molar-refractivity contribution in [1.82, 2.24) is 20.3 Å². The van der Waals surface area contributed by atoms with E-state index in [1.54, 1.807) is 29.1 Å². The quantitative estimate of drug-likeness (QED) is 0.760. The van der Waals surface area contributed by atoms with Gasteiger partial charge >= 0.3 is 0 Å². The summed E-state index contributed by atoms with van der Waals surface area (Å²) in [6.07, 6.45) is 5.56. The van der Waals surface area contributed by atoms with Crippen molar-refractivity contribution in [2.45, 2.75) is 31.7 Å². The van der Waals surface area contributed by atoms with E-state index in [9.17, 15) is 9.59 Å². The van der Waals surface area contributed by atoms with Crippen molar-refractivity contribution in [3.8, 4) is 0 Å². The topological polar surface area (TPSA) is 101 Å². The zero-order valence-corrected chi connectivity index (χ0v) is 14.4. The van der Waals surface area contributed by atoms with Crippen LogP contribution in [0, 0.1) is 5.92 Å². The highest BCUT2D eigenvalue weighted by Crippen LogP contribution is 2.30. The Morgan fingerprint density at radius 3 is 2.54 bits per heavy atom. The van der Waals surface area contributed by atoms with Crippen molar-refractivity contribution >= 4 is 23.2 Å². The third kappa shape index (κ3) is 3.91. The lowest BCUT2D eigenvalue weighted by atomic mass is 10.1. The number of benzene rings is 1. The number of nitrogens with zero attached hydrogens (tertiary/aromatic N) is 3. The molecule has 2 aliphatic rings. The number of hydrogen-bond donors (Lipinski definition) is 3. The van der Waals surface area contributed by atoms with Crippen LogP contribution in [0.25, 0.3) is 0 Å². The van der Waals surface area contributed by atoms with Gasteiger partial charge in [-0.25, -0.2) is 4.68 Å². The Labute approximate surface area is 151 Å². The number of rotatable bonds is 5. The molecule has 2 amide bonds. The minimum Gasteiger partial charge on any atom is -0.326 e. The van der Waals surface area contributed by atoms with Crippen LogP contribution in [-0.2, 0) is 4.79 Å². The van der Waals surface area contributed by atoms with Crippen LogP contribution in [0.5, 0.6) is 0 Å². The smallest absolute Gasteiger partial charge is 0.277 e. The van der Waals surface area contributed by atoms with E-state index < -0.39 is 0 Å². The first-order chi connectivity index (χ1) is 12.7. The highest BCUT2D eigenvalue weighted by Gasteiger charge is 2.29. The fourth-order valence-electron chi connectivity index (χ4n) is 3.09. The first-order valence-electron chi connectivity index (χ1n) is 9.04. The second kappa shape index (κ2) is 7.25. The zero-order valence-electron chi connectivity index (χ0n) is 14.4. The van der Waals surface area contributed by atoms with Gasteiger partial charge in [0.1, 0.15) is 0 Å². The molecule has 1 aliphatic carbocycles. The number of carbonyl (C=O) groups excluding carboxylic acids is 2. The maximum atomic E-state index is 12.4. The Bertz CT molecular complexity index is 808. The monoisotopic (exact) mass is 354 g/mol. The molecular formula is C18H22N6O2. The van der Waals surface area contributed by atoms with Crippen molar-refractivity contribution in [1.29, 1.82) is 0 Å². The fourth-order valence-corrected chi connectivity index (χ4v) is 3.09. The largest absolute Gasteiger partial charge is 0.326 e. The molecule has 1 aliphatic heterocycles. The van der Waals surface area contributed by atoms with Gasteiger partial charge in [0.05, 0.1) is 12.2 Å². The summed E-state index contributed by atoms with van der Waals surface area (Å²) in [5.74, 6) is -0.132. The second-order valence-corrected chi connectivity index (χ2v) is 6.86. The summed E-state index contributed by atoms with van der Waals surface area (Å²) in [7, 11) is 0. The molecule has 2 heterocycles. The standard InChI is InChI=1S/C18H22N6O2/c25-17(12-4-5-12)20-13-2-1-3-14(10-13)21-18(26)16-11-24(23-22-16)15-6-8-19-9-7-15/h1-3,10-12,15,19H,4-9H2,(H,20,25)(H,21,26). The van der Waals surface area contributed by atoms with Crippen molar-refractivity contribution < 1.29 is 9.59 Å². The molecule has 1 saturated heterocycles. The number of anilines is 2. The van der Waals surface area contributed by atoms with Gasteiger partial charge in [0.25, 0.3) is 5.91 Å². The third-order valence-corrected chi connectivity index (χ3v) is 4.76. The molecule has 0 bridgehead atoms. The summed E-state index contributed by atoms with van der Waals surface area (Å²) in [6.45, 7) is 1.90. The van der Waals surface area contributed by atoms with Gasteiger partial charge in [0.2, 0.25) is 5.91 Å². The van der Waals surface area contributed by atoms with E-state index in [0.717, 1.165) is 38.8 Å². The van der Waals surface area contributed by atoms with Crippen molar-refractivity contribution in [2.24, 2.45) is 5.92 Å². The normalized spacial score (nSPS) is 17.7. The van der Waals surface area contributed by atoms with Gasteiger partial charge in [-0.2, -0.15) is 0 Å². The summed E-state index contributed by atoms with van der Waals surface area (Å²) in [4.78, 5) is 24.3. The van der Waals surface area contributed by atoms with Gasteiger partial charge in [0, 0.05) is 17.3 Å². The molecular weight excluding hydrogens is 332 g/mol. The summed E-state index contributed by atoms with van der Waals surface area (Å²) < 4.78 is 1.78. The molecule has 0 radical (unpaired) electrons. The number of amides is 2. The lowest BCUT2D eigenvalue weighted by molar-refractivity contribution is -0.117. The van der Waals surface area contributed by atoms with Gasteiger partial charge in [-0.05, 0) is 57.0 Å². The van der Waals surface area contributed by atoms with Crippen LogP contribution < -0.4 is 16.0 Å². The summed E-state index contributed by atoms with van der Waals surface area (Å²) >= 11 is 0. The lowest BCUT2D eigenvalue weighted by Gasteiger charge is -2.22. The van der Waals surface area contributed by atoms with E-state index in [4.69, 9.17) is 0 Å². The molecule has 1 saturated carbocycles. The van der Waals surface area contributed by atoms with Gasteiger partial charge in [-0.15, -0.1) is 5.10 Å². The van der Waals surface area contributed by atoms with Crippen LogP contribution in [0.1, 0.15) is 42.2 Å². The SMILES string of the molecule is O=C(Nc1cccc(NC(=O)C2CC2)c1)c1cn(C2CCNCC2)nn1. The van der Waals surface area contributed by atoms with Gasteiger partial charge < -0.3 is 16.0 Å². The minimum atomic E-state index is -0.309. The summed E-state index contributed by atoms with van der Waals surface area (Å²) in [6, 6.07) is 7.41. The molecule has 0 atom stereocenters. The maximum absolute atomic E-state index is 12.4. The Morgan fingerprint density at radius 2 is 1.81 bits per heavy atom. The molecule has 1 aromatic carbocycles. The number of piperidine rings is 1. The minimum absolute atomic E-state index is 0.0402. The molecule has 1 aromatic heterocycles. The first kappa shape index (κ1) is 16.7. The molecule has 3 N–H and O–H groups in total. The molecule has 26 heavy (non-hydrogen) atoms. The van der Waals surface area contributed by atoms with Crippen LogP contribution >= 0.6 is 0 Å². The molecule has 136 valence electrons. The molecule has 8 nitrogen and oxygen atoms in total. The predicted molar refractivity (Wildman–Crippen MR) is 96.9 cm³/mol. The molecule has 0 unspecified atom stereocenters. The summed E-state index contributed by atoms with van der Waals surface area (Å²) in [5.41, 5.74) is 1.58. The fraction of sp³-hybridized carbons (Fsp3) is 0.444. The number of aromatic nitrogens is 3. The number of nitrogens with one attached hydrogen (secondary N) is 3. The van der Waals surface area contributed by atoms with Crippen LogP contribution in [0.2, 0.25) is 0 Å². The average molecular weight is 354 g/mol. The van der Waals surface area contributed by atoms with E-state index >= 15 is 0 Å². The zero-order chi connectivity index (χ0) is 17.9. The molecule has 2 fully saturated rings. The molecule has 2 aromatic rings. The van der Waals surface area contributed by atoms with E-state index in [1.165, 1.54) is 0 Å². The Kier molecular flexibility index (Phi) is 4.66. The van der Waals surface area contributed by atoms with Crippen molar-refractivity contribution in [3.63, 3.8) is 0 Å². The van der Waals surface area contributed by atoms with Gasteiger partial charge in [-0.3, -0.25) is 9.59 Å². The van der Waals surface area contributed by atoms with Crippen LogP contribution in [0.3, 0.4) is 0 Å². The highest BCUT2D eigenvalue weighted by atomic mass is 16.2. The Hall–Kier alpha value is -2.74. The van der Waals surface area contributed by atoms with E-state index in [2.05, 4.69) is 26.3 Å². The Morgan fingerprint density at radius 1 is 1.08 bits per heavy atom. The third-order valence-electron chi connectivity index (χ3n) is 4.76. The van der Waals surface area contributed by atoms with Gasteiger partial charge in [-0.1, -0.05) is 11.3 Å². The molecule has 0 spiro atoms. The number of hydrogen-bond acceptors (Lipinski definition) is 5. The summed E-state index contributed by atoms with van der Waals surface area (Å²) in [5, 5.41) is 17.1. The van der Waals surface area contributed by atoms with E-state index in [1.807, 2.05) is 6.07 Å². The first-order valence-corrected chi connectivity index (χ1v) is 9.04. The van der Waals surface area contributed by atoms with Crippen molar-refractivity contribution in [3.05, 3.63) is 36.2 Å². The number of carbonyl (C=O) groups is 2. The van der Waals surface area contributed by atoms with Crippen molar-refractivity contribution in [2.75, 3.05) is 23.7 Å². The van der Waals surface area contributed by atoms with Gasteiger partial charge in [0.15, 0.2) is 5.69 Å². The Balaban J connectivity index is 1.39. The molecule has 8 heteroatoms. The second-order valence-electron chi connectivity index (χ2n) is 6.86. The predicted octanol–water partition coefficient (Wildman–Crippen LogP) is 1.80. The molecule has 4 rings (SSSR count).